The molecule has 1 saturated carbocycles. The van der Waals surface area contributed by atoms with Gasteiger partial charge in [-0.2, -0.15) is 0 Å². The van der Waals surface area contributed by atoms with E-state index in [1.165, 1.54) is 25.7 Å². The molecule has 3 N–H and O–H groups in total. The third-order valence-electron chi connectivity index (χ3n) is 4.07. The number of hydrogen-bond donors (Lipinski definition) is 3. The number of rotatable bonds is 6. The highest BCUT2D eigenvalue weighted by atomic mass is 35.5. The van der Waals surface area contributed by atoms with Crippen LogP contribution in [-0.2, 0) is 0 Å². The highest BCUT2D eigenvalue weighted by Gasteiger charge is 2.17. The van der Waals surface area contributed by atoms with Crippen LogP contribution in [0.5, 0.6) is 0 Å². The van der Waals surface area contributed by atoms with Gasteiger partial charge in [-0.05, 0) is 25.0 Å². The molecule has 5 heteroatoms. The van der Waals surface area contributed by atoms with Gasteiger partial charge in [-0.15, -0.1) is 11.6 Å². The quantitative estimate of drug-likeness (QED) is 0.556. The second kappa shape index (κ2) is 9.01. The van der Waals surface area contributed by atoms with Crippen molar-refractivity contribution in [2.24, 2.45) is 0 Å². The highest BCUT2D eigenvalue weighted by molar-refractivity contribution is 6.18. The van der Waals surface area contributed by atoms with Crippen molar-refractivity contribution in [2.45, 2.75) is 50.7 Å². The number of halogens is 1. The van der Waals surface area contributed by atoms with Gasteiger partial charge in [0.05, 0.1) is 17.5 Å². The van der Waals surface area contributed by atoms with Crippen LogP contribution in [0.1, 0.15) is 48.9 Å². The average Bonchev–Trinajstić information content (AvgIpc) is 2.81. The summed E-state index contributed by atoms with van der Waals surface area (Å²) in [6, 6.07) is 7.66. The monoisotopic (exact) mass is 324 g/mol. The summed E-state index contributed by atoms with van der Waals surface area (Å²) in [6.45, 7) is 0.331. The van der Waals surface area contributed by atoms with Gasteiger partial charge in [-0.1, -0.05) is 37.8 Å². The maximum absolute atomic E-state index is 12.5. The van der Waals surface area contributed by atoms with E-state index >= 15 is 0 Å². The zero-order valence-corrected chi connectivity index (χ0v) is 13.6. The van der Waals surface area contributed by atoms with E-state index in [4.69, 9.17) is 11.6 Å². The Morgan fingerprint density at radius 3 is 2.59 bits per heavy atom. The minimum absolute atomic E-state index is 0.0460. The summed E-state index contributed by atoms with van der Waals surface area (Å²) in [4.78, 5) is 12.5. The predicted octanol–water partition coefficient (Wildman–Crippen LogP) is 3.15. The fourth-order valence-electron chi connectivity index (χ4n) is 2.80. The lowest BCUT2D eigenvalue weighted by molar-refractivity contribution is 0.0934. The molecule has 1 aliphatic rings. The number of amides is 1. The number of aliphatic hydroxyl groups is 1. The fourth-order valence-corrected chi connectivity index (χ4v) is 2.91. The molecule has 1 aromatic rings. The number of carbonyl (C=O) groups is 1. The summed E-state index contributed by atoms with van der Waals surface area (Å²) in [5.41, 5.74) is 1.35. The van der Waals surface area contributed by atoms with E-state index in [-0.39, 0.29) is 17.8 Å². The largest absolute Gasteiger partial charge is 0.390 e. The molecule has 0 aliphatic heterocycles. The van der Waals surface area contributed by atoms with E-state index in [1.54, 1.807) is 6.07 Å². The minimum Gasteiger partial charge on any atom is -0.390 e. The molecule has 0 spiro atoms. The van der Waals surface area contributed by atoms with Gasteiger partial charge in [-0.3, -0.25) is 4.79 Å². The number of alkyl halides is 1. The van der Waals surface area contributed by atoms with Crippen LogP contribution < -0.4 is 10.6 Å². The first kappa shape index (κ1) is 17.1. The molecular formula is C17H25ClN2O2. The first-order chi connectivity index (χ1) is 10.7. The van der Waals surface area contributed by atoms with E-state index in [1.807, 2.05) is 18.2 Å². The van der Waals surface area contributed by atoms with Crippen molar-refractivity contribution in [1.29, 1.82) is 0 Å². The second-order valence-corrected chi connectivity index (χ2v) is 6.21. The lowest BCUT2D eigenvalue weighted by atomic mass is 10.1. The Kier molecular flexibility index (Phi) is 7.00. The Bertz CT molecular complexity index is 473. The first-order valence-electron chi connectivity index (χ1n) is 8.08. The van der Waals surface area contributed by atoms with Crippen LogP contribution in [0.2, 0.25) is 0 Å². The van der Waals surface area contributed by atoms with Gasteiger partial charge < -0.3 is 15.7 Å². The van der Waals surface area contributed by atoms with Crippen molar-refractivity contribution in [3.8, 4) is 0 Å². The summed E-state index contributed by atoms with van der Waals surface area (Å²) in [5.74, 6) is 0.124. The Labute approximate surface area is 137 Å². The number of para-hydroxylation sites is 1. The molecule has 122 valence electrons. The third-order valence-corrected chi connectivity index (χ3v) is 4.42. The van der Waals surface area contributed by atoms with Gasteiger partial charge in [0, 0.05) is 18.3 Å². The predicted molar refractivity (Wildman–Crippen MR) is 90.6 cm³/mol. The van der Waals surface area contributed by atoms with Crippen LogP contribution in [0, 0.1) is 0 Å². The Balaban J connectivity index is 1.99. The molecule has 0 saturated heterocycles. The zero-order chi connectivity index (χ0) is 15.8. The summed E-state index contributed by atoms with van der Waals surface area (Å²) in [6.07, 6.45) is 6.40. The van der Waals surface area contributed by atoms with Gasteiger partial charge in [0.15, 0.2) is 0 Å². The summed E-state index contributed by atoms with van der Waals surface area (Å²) in [5, 5.41) is 15.8. The van der Waals surface area contributed by atoms with E-state index in [9.17, 15) is 9.90 Å². The molecular weight excluding hydrogens is 300 g/mol. The molecule has 22 heavy (non-hydrogen) atoms. The Morgan fingerprint density at radius 1 is 1.23 bits per heavy atom. The molecule has 4 nitrogen and oxygen atoms in total. The van der Waals surface area contributed by atoms with E-state index in [0.29, 0.717) is 12.1 Å². The Morgan fingerprint density at radius 2 is 1.91 bits per heavy atom. The summed E-state index contributed by atoms with van der Waals surface area (Å²) in [7, 11) is 0. The van der Waals surface area contributed by atoms with Gasteiger partial charge in [0.1, 0.15) is 0 Å². The van der Waals surface area contributed by atoms with Gasteiger partial charge in [0.2, 0.25) is 0 Å². The van der Waals surface area contributed by atoms with Gasteiger partial charge in [-0.25, -0.2) is 0 Å². The van der Waals surface area contributed by atoms with Crippen molar-refractivity contribution in [1.82, 2.24) is 5.32 Å². The molecule has 0 aromatic heterocycles. The van der Waals surface area contributed by atoms with Crippen molar-refractivity contribution in [2.75, 3.05) is 17.7 Å². The van der Waals surface area contributed by atoms with Crippen molar-refractivity contribution in [3.05, 3.63) is 29.8 Å². The molecule has 1 fully saturated rings. The second-order valence-electron chi connectivity index (χ2n) is 5.90. The molecule has 1 atom stereocenters. The maximum Gasteiger partial charge on any atom is 0.253 e. The maximum atomic E-state index is 12.5. The number of anilines is 1. The molecule has 0 heterocycles. The topological polar surface area (TPSA) is 61.4 Å². The number of aliphatic hydroxyl groups excluding tert-OH is 1. The SMILES string of the molecule is O=C(NC1CCCCCC1)c1ccccc1NCC(O)CCl. The van der Waals surface area contributed by atoms with E-state index in [0.717, 1.165) is 18.5 Å². The lowest BCUT2D eigenvalue weighted by Crippen LogP contribution is -2.35. The molecule has 1 aromatic carbocycles. The van der Waals surface area contributed by atoms with Crippen LogP contribution in [0.25, 0.3) is 0 Å². The summed E-state index contributed by atoms with van der Waals surface area (Å²) < 4.78 is 0. The van der Waals surface area contributed by atoms with Gasteiger partial charge >= 0.3 is 0 Å². The molecule has 1 unspecified atom stereocenters. The third kappa shape index (κ3) is 5.18. The van der Waals surface area contributed by atoms with Crippen LogP contribution in [0.3, 0.4) is 0 Å². The number of carbonyl (C=O) groups excluding carboxylic acids is 1. The summed E-state index contributed by atoms with van der Waals surface area (Å²) >= 11 is 5.60. The smallest absolute Gasteiger partial charge is 0.253 e. The average molecular weight is 325 g/mol. The van der Waals surface area contributed by atoms with Crippen LogP contribution >= 0.6 is 11.6 Å². The standard InChI is InChI=1S/C17H25ClN2O2/c18-11-14(21)12-19-16-10-6-5-9-15(16)17(22)20-13-7-3-1-2-4-8-13/h5-6,9-10,13-14,19,21H,1-4,7-8,11-12H2,(H,20,22). The molecule has 0 radical (unpaired) electrons. The fraction of sp³-hybridized carbons (Fsp3) is 0.588. The van der Waals surface area contributed by atoms with Crippen LogP contribution in [0.4, 0.5) is 5.69 Å². The van der Waals surface area contributed by atoms with Crippen LogP contribution in [-0.4, -0.2) is 35.6 Å². The normalized spacial score (nSPS) is 17.5. The van der Waals surface area contributed by atoms with Crippen molar-refractivity contribution in [3.63, 3.8) is 0 Å². The van der Waals surface area contributed by atoms with Crippen LogP contribution in [0.15, 0.2) is 24.3 Å². The zero-order valence-electron chi connectivity index (χ0n) is 12.9. The van der Waals surface area contributed by atoms with Crippen molar-refractivity contribution >= 4 is 23.2 Å². The molecule has 1 amide bonds. The number of benzene rings is 1. The molecule has 2 rings (SSSR count). The minimum atomic E-state index is -0.625. The molecule has 0 bridgehead atoms. The lowest BCUT2D eigenvalue weighted by Gasteiger charge is -2.18. The Hall–Kier alpha value is -1.26. The van der Waals surface area contributed by atoms with E-state index < -0.39 is 6.10 Å². The first-order valence-corrected chi connectivity index (χ1v) is 8.62. The number of nitrogens with one attached hydrogen (secondary N) is 2. The van der Waals surface area contributed by atoms with Crippen molar-refractivity contribution < 1.29 is 9.90 Å². The van der Waals surface area contributed by atoms with E-state index in [2.05, 4.69) is 10.6 Å². The number of hydrogen-bond acceptors (Lipinski definition) is 3. The highest BCUT2D eigenvalue weighted by Crippen LogP contribution is 2.19. The van der Waals surface area contributed by atoms with Gasteiger partial charge in [0.25, 0.3) is 5.91 Å². The molecule has 1 aliphatic carbocycles.